The lowest BCUT2D eigenvalue weighted by Crippen LogP contribution is -2.12. The number of allylic oxidation sites excluding steroid dienone is 1. The van der Waals surface area contributed by atoms with Crippen molar-refractivity contribution < 1.29 is 23.1 Å². The quantitative estimate of drug-likeness (QED) is 0.771. The second kappa shape index (κ2) is 4.16. The van der Waals surface area contributed by atoms with Gasteiger partial charge in [-0.2, -0.15) is 13.2 Å². The second-order valence-corrected chi connectivity index (χ2v) is 2.76. The number of hydrogen-bond donors (Lipinski definition) is 1. The molecule has 15 heavy (non-hydrogen) atoms. The molecular weight excluding hydrogens is 209 g/mol. The maximum absolute atomic E-state index is 12.4. The molecule has 0 aliphatic heterocycles. The zero-order chi connectivity index (χ0) is 11.5. The lowest BCUT2D eigenvalue weighted by Gasteiger charge is -2.10. The Bertz CT molecular complexity index is 379. The van der Waals surface area contributed by atoms with Crippen LogP contribution >= 0.6 is 0 Å². The Hall–Kier alpha value is -1.78. The molecular formula is C10H7F3O2. The average molecular weight is 216 g/mol. The summed E-state index contributed by atoms with van der Waals surface area (Å²) in [7, 11) is 0. The summed E-state index contributed by atoms with van der Waals surface area (Å²) in [4.78, 5) is 10.3. The monoisotopic (exact) mass is 216 g/mol. The third-order valence-electron chi connectivity index (χ3n) is 1.66. The molecule has 0 spiro atoms. The van der Waals surface area contributed by atoms with Gasteiger partial charge in [0.05, 0.1) is 5.57 Å². The molecule has 0 bridgehead atoms. The van der Waals surface area contributed by atoms with Crippen LogP contribution in [0.1, 0.15) is 5.56 Å². The molecule has 1 N–H and O–H groups in total. The van der Waals surface area contributed by atoms with Gasteiger partial charge in [-0.15, -0.1) is 0 Å². The molecule has 1 aromatic rings. The van der Waals surface area contributed by atoms with E-state index in [2.05, 4.69) is 0 Å². The molecule has 0 amide bonds. The molecule has 0 aromatic heterocycles. The van der Waals surface area contributed by atoms with Gasteiger partial charge in [0.1, 0.15) is 0 Å². The van der Waals surface area contributed by atoms with Gasteiger partial charge in [0.15, 0.2) is 0 Å². The minimum absolute atomic E-state index is 0.160. The van der Waals surface area contributed by atoms with E-state index in [1.165, 1.54) is 24.3 Å². The van der Waals surface area contributed by atoms with Crippen LogP contribution in [0.5, 0.6) is 0 Å². The fourth-order valence-electron chi connectivity index (χ4n) is 1.07. The van der Waals surface area contributed by atoms with E-state index in [-0.39, 0.29) is 11.6 Å². The number of rotatable bonds is 2. The van der Waals surface area contributed by atoms with E-state index in [1.807, 2.05) is 0 Å². The Morgan fingerprint density at radius 1 is 1.20 bits per heavy atom. The lowest BCUT2D eigenvalue weighted by atomic mass is 10.1. The molecule has 0 saturated carbocycles. The number of carbonyl (C=O) groups is 1. The molecule has 0 saturated heterocycles. The van der Waals surface area contributed by atoms with Crippen molar-refractivity contribution in [1.82, 2.24) is 0 Å². The van der Waals surface area contributed by atoms with Gasteiger partial charge in [-0.1, -0.05) is 30.3 Å². The predicted molar refractivity (Wildman–Crippen MR) is 48.1 cm³/mol. The van der Waals surface area contributed by atoms with Crippen LogP contribution < -0.4 is 0 Å². The van der Waals surface area contributed by atoms with Crippen molar-refractivity contribution in [3.05, 3.63) is 42.0 Å². The standard InChI is InChI=1S/C10H7F3O2/c11-10(12,13)8(6-9(14)15)7-4-2-1-3-5-7/h1-6H,(H,14,15)/b8-6+. The van der Waals surface area contributed by atoms with Crippen LogP contribution in [0.3, 0.4) is 0 Å². The van der Waals surface area contributed by atoms with E-state index in [1.54, 1.807) is 6.07 Å². The Morgan fingerprint density at radius 2 is 1.73 bits per heavy atom. The Balaban J connectivity index is 3.20. The molecule has 0 unspecified atom stereocenters. The minimum Gasteiger partial charge on any atom is -0.478 e. The number of hydrogen-bond acceptors (Lipinski definition) is 1. The molecule has 0 aliphatic rings. The molecule has 1 aromatic carbocycles. The first kappa shape index (κ1) is 11.3. The van der Waals surface area contributed by atoms with Gasteiger partial charge in [0, 0.05) is 6.08 Å². The van der Waals surface area contributed by atoms with Crippen molar-refractivity contribution in [2.75, 3.05) is 0 Å². The van der Waals surface area contributed by atoms with E-state index in [0.717, 1.165) is 0 Å². The maximum atomic E-state index is 12.4. The van der Waals surface area contributed by atoms with E-state index in [0.29, 0.717) is 0 Å². The average Bonchev–Trinajstić information content (AvgIpc) is 2.14. The van der Waals surface area contributed by atoms with Crippen LogP contribution in [-0.4, -0.2) is 17.3 Å². The molecule has 1 rings (SSSR count). The van der Waals surface area contributed by atoms with Crippen LogP contribution in [0.25, 0.3) is 5.57 Å². The highest BCUT2D eigenvalue weighted by Crippen LogP contribution is 2.33. The third-order valence-corrected chi connectivity index (χ3v) is 1.66. The van der Waals surface area contributed by atoms with Gasteiger partial charge in [0.2, 0.25) is 0 Å². The summed E-state index contributed by atoms with van der Waals surface area (Å²) in [5.74, 6) is -1.62. The lowest BCUT2D eigenvalue weighted by molar-refractivity contribution is -0.131. The Labute approximate surface area is 83.7 Å². The third kappa shape index (κ3) is 3.12. The van der Waals surface area contributed by atoms with Gasteiger partial charge in [-0.05, 0) is 5.56 Å². The predicted octanol–water partition coefficient (Wildman–Crippen LogP) is 2.72. The summed E-state index contributed by atoms with van der Waals surface area (Å²) in [6.45, 7) is 0. The first-order valence-corrected chi connectivity index (χ1v) is 3.98. The number of carboxylic acids is 1. The first-order chi connectivity index (χ1) is 6.91. The Kier molecular flexibility index (Phi) is 3.14. The summed E-state index contributed by atoms with van der Waals surface area (Å²) in [6.07, 6.45) is -4.50. The molecule has 0 fully saturated rings. The van der Waals surface area contributed by atoms with Crippen molar-refractivity contribution in [3.63, 3.8) is 0 Å². The highest BCUT2D eigenvalue weighted by atomic mass is 19.4. The van der Waals surface area contributed by atoms with Gasteiger partial charge < -0.3 is 5.11 Å². The number of benzene rings is 1. The largest absolute Gasteiger partial charge is 0.478 e. The smallest absolute Gasteiger partial charge is 0.417 e. The number of halogens is 3. The molecule has 5 heteroatoms. The first-order valence-electron chi connectivity index (χ1n) is 3.98. The van der Waals surface area contributed by atoms with Gasteiger partial charge in [0.25, 0.3) is 0 Å². The fraction of sp³-hybridized carbons (Fsp3) is 0.100. The van der Waals surface area contributed by atoms with E-state index in [9.17, 15) is 18.0 Å². The fourth-order valence-corrected chi connectivity index (χ4v) is 1.07. The van der Waals surface area contributed by atoms with Crippen molar-refractivity contribution in [2.24, 2.45) is 0 Å². The highest BCUT2D eigenvalue weighted by molar-refractivity contribution is 5.91. The van der Waals surface area contributed by atoms with Crippen LogP contribution in [0.15, 0.2) is 36.4 Å². The van der Waals surface area contributed by atoms with Gasteiger partial charge in [-0.25, -0.2) is 4.79 Å². The number of aliphatic carboxylic acids is 1. The van der Waals surface area contributed by atoms with E-state index < -0.39 is 17.7 Å². The van der Waals surface area contributed by atoms with Gasteiger partial charge in [-0.3, -0.25) is 0 Å². The van der Waals surface area contributed by atoms with Crippen molar-refractivity contribution in [3.8, 4) is 0 Å². The van der Waals surface area contributed by atoms with Crippen LogP contribution in [0.4, 0.5) is 13.2 Å². The zero-order valence-corrected chi connectivity index (χ0v) is 7.45. The zero-order valence-electron chi connectivity index (χ0n) is 7.45. The van der Waals surface area contributed by atoms with Crippen LogP contribution in [0, 0.1) is 0 Å². The number of carboxylic acid groups (broad SMARTS) is 1. The molecule has 0 radical (unpaired) electrons. The highest BCUT2D eigenvalue weighted by Gasteiger charge is 2.35. The van der Waals surface area contributed by atoms with Crippen molar-refractivity contribution in [1.29, 1.82) is 0 Å². The van der Waals surface area contributed by atoms with Crippen molar-refractivity contribution in [2.45, 2.75) is 6.18 Å². The van der Waals surface area contributed by atoms with Crippen LogP contribution in [-0.2, 0) is 4.79 Å². The van der Waals surface area contributed by atoms with Crippen molar-refractivity contribution >= 4 is 11.5 Å². The Morgan fingerprint density at radius 3 is 2.13 bits per heavy atom. The molecule has 0 aliphatic carbocycles. The summed E-state index contributed by atoms with van der Waals surface area (Å²) in [6, 6.07) is 6.80. The summed E-state index contributed by atoms with van der Waals surface area (Å²) in [5, 5.41) is 8.33. The minimum atomic E-state index is -4.67. The molecule has 0 atom stereocenters. The SMILES string of the molecule is O=C(O)/C=C(\c1ccccc1)C(F)(F)F. The molecule has 2 nitrogen and oxygen atoms in total. The van der Waals surface area contributed by atoms with Gasteiger partial charge >= 0.3 is 12.1 Å². The normalized spacial score (nSPS) is 12.6. The van der Waals surface area contributed by atoms with E-state index >= 15 is 0 Å². The number of alkyl halides is 3. The summed E-state index contributed by atoms with van der Waals surface area (Å²) in [5.41, 5.74) is -1.32. The van der Waals surface area contributed by atoms with Crippen LogP contribution in [0.2, 0.25) is 0 Å². The molecule has 0 heterocycles. The maximum Gasteiger partial charge on any atom is 0.417 e. The van der Waals surface area contributed by atoms with E-state index in [4.69, 9.17) is 5.11 Å². The summed E-state index contributed by atoms with van der Waals surface area (Å²) < 4.78 is 37.3. The summed E-state index contributed by atoms with van der Waals surface area (Å²) >= 11 is 0. The second-order valence-electron chi connectivity index (χ2n) is 2.76. The topological polar surface area (TPSA) is 37.3 Å². The molecule has 80 valence electrons.